The standard InChI is InChI=1S/C16H26N2O/c1-13-7-9-14(10-8-13)18(2)11-12-19-16-6-4-3-5-15(16)17/h3-6,13-14H,7-12,17H2,1-2H3. The van der Waals surface area contributed by atoms with Crippen molar-refractivity contribution in [2.75, 3.05) is 25.9 Å². The summed E-state index contributed by atoms with van der Waals surface area (Å²) in [6, 6.07) is 8.42. The number of rotatable bonds is 5. The summed E-state index contributed by atoms with van der Waals surface area (Å²) >= 11 is 0. The first-order valence-corrected chi connectivity index (χ1v) is 7.34. The minimum absolute atomic E-state index is 0.705. The second kappa shape index (κ2) is 6.80. The Bertz CT molecular complexity index is 386. The van der Waals surface area contributed by atoms with Gasteiger partial charge in [0.15, 0.2) is 0 Å². The number of anilines is 1. The molecule has 3 heteroatoms. The van der Waals surface area contributed by atoms with E-state index in [9.17, 15) is 0 Å². The van der Waals surface area contributed by atoms with Gasteiger partial charge in [-0.2, -0.15) is 0 Å². The third kappa shape index (κ3) is 4.13. The lowest BCUT2D eigenvalue weighted by Gasteiger charge is -2.33. The van der Waals surface area contributed by atoms with Gasteiger partial charge in [-0.1, -0.05) is 19.1 Å². The summed E-state index contributed by atoms with van der Waals surface area (Å²) in [6.07, 6.45) is 5.37. The number of hydrogen-bond donors (Lipinski definition) is 1. The van der Waals surface area contributed by atoms with E-state index in [1.54, 1.807) is 0 Å². The van der Waals surface area contributed by atoms with Crippen molar-refractivity contribution in [2.24, 2.45) is 5.92 Å². The fourth-order valence-electron chi connectivity index (χ4n) is 2.78. The van der Waals surface area contributed by atoms with Gasteiger partial charge >= 0.3 is 0 Å². The molecule has 106 valence electrons. The minimum Gasteiger partial charge on any atom is -0.490 e. The maximum Gasteiger partial charge on any atom is 0.142 e. The fraction of sp³-hybridized carbons (Fsp3) is 0.625. The van der Waals surface area contributed by atoms with Crippen LogP contribution in [0.25, 0.3) is 0 Å². The zero-order chi connectivity index (χ0) is 13.7. The maximum atomic E-state index is 5.86. The lowest BCUT2D eigenvalue weighted by atomic mass is 9.87. The molecule has 1 aromatic carbocycles. The third-order valence-corrected chi connectivity index (χ3v) is 4.23. The molecular formula is C16H26N2O. The summed E-state index contributed by atoms with van der Waals surface area (Å²) in [7, 11) is 2.21. The van der Waals surface area contributed by atoms with Crippen LogP contribution in [0, 0.1) is 5.92 Å². The largest absolute Gasteiger partial charge is 0.490 e. The molecule has 0 amide bonds. The number of nitrogens with two attached hydrogens (primary N) is 1. The summed E-state index contributed by atoms with van der Waals surface area (Å²) in [5.74, 6) is 1.71. The SMILES string of the molecule is CC1CCC(N(C)CCOc2ccccc2N)CC1. The van der Waals surface area contributed by atoms with Gasteiger partial charge in [0.1, 0.15) is 12.4 Å². The van der Waals surface area contributed by atoms with Crippen molar-refractivity contribution in [3.05, 3.63) is 24.3 Å². The number of ether oxygens (including phenoxy) is 1. The van der Waals surface area contributed by atoms with Crippen molar-refractivity contribution < 1.29 is 4.74 Å². The second-order valence-corrected chi connectivity index (χ2v) is 5.78. The normalized spacial score (nSPS) is 23.5. The van der Waals surface area contributed by atoms with E-state index in [0.717, 1.165) is 29.9 Å². The molecule has 2 N–H and O–H groups in total. The zero-order valence-corrected chi connectivity index (χ0v) is 12.1. The van der Waals surface area contributed by atoms with Gasteiger partial charge in [-0.25, -0.2) is 0 Å². The average Bonchev–Trinajstić information content (AvgIpc) is 2.41. The molecule has 0 bridgehead atoms. The Labute approximate surface area is 116 Å². The number of likely N-dealkylation sites (N-methyl/N-ethyl adjacent to an activating group) is 1. The van der Waals surface area contributed by atoms with Gasteiger partial charge in [0.2, 0.25) is 0 Å². The smallest absolute Gasteiger partial charge is 0.142 e. The molecule has 19 heavy (non-hydrogen) atoms. The molecular weight excluding hydrogens is 236 g/mol. The molecule has 0 radical (unpaired) electrons. The summed E-state index contributed by atoms with van der Waals surface area (Å²) in [6.45, 7) is 4.03. The van der Waals surface area contributed by atoms with Gasteiger partial charge in [0.25, 0.3) is 0 Å². The Hall–Kier alpha value is -1.22. The quantitative estimate of drug-likeness (QED) is 0.828. The van der Waals surface area contributed by atoms with E-state index >= 15 is 0 Å². The lowest BCUT2D eigenvalue weighted by molar-refractivity contribution is 0.146. The van der Waals surface area contributed by atoms with E-state index in [4.69, 9.17) is 10.5 Å². The van der Waals surface area contributed by atoms with Crippen molar-refractivity contribution in [3.8, 4) is 5.75 Å². The van der Waals surface area contributed by atoms with Crippen LogP contribution in [0.15, 0.2) is 24.3 Å². The van der Waals surface area contributed by atoms with E-state index in [0.29, 0.717) is 6.61 Å². The summed E-state index contributed by atoms with van der Waals surface area (Å²) in [5.41, 5.74) is 6.58. The Kier molecular flexibility index (Phi) is 5.08. The maximum absolute atomic E-state index is 5.86. The second-order valence-electron chi connectivity index (χ2n) is 5.78. The predicted octanol–water partition coefficient (Wildman–Crippen LogP) is 3.16. The molecule has 1 aliphatic rings. The van der Waals surface area contributed by atoms with Crippen molar-refractivity contribution in [1.82, 2.24) is 4.90 Å². The van der Waals surface area contributed by atoms with E-state index in [1.807, 2.05) is 24.3 Å². The van der Waals surface area contributed by atoms with Gasteiger partial charge in [-0.05, 0) is 50.8 Å². The van der Waals surface area contributed by atoms with E-state index in [2.05, 4.69) is 18.9 Å². The molecule has 0 unspecified atom stereocenters. The van der Waals surface area contributed by atoms with Crippen LogP contribution in [-0.4, -0.2) is 31.1 Å². The van der Waals surface area contributed by atoms with Crippen LogP contribution in [0.4, 0.5) is 5.69 Å². The van der Waals surface area contributed by atoms with Gasteiger partial charge in [0.05, 0.1) is 5.69 Å². The number of nitrogens with zero attached hydrogens (tertiary/aromatic N) is 1. The van der Waals surface area contributed by atoms with Crippen molar-refractivity contribution in [2.45, 2.75) is 38.6 Å². The van der Waals surface area contributed by atoms with Crippen LogP contribution >= 0.6 is 0 Å². The molecule has 0 aromatic heterocycles. The average molecular weight is 262 g/mol. The van der Waals surface area contributed by atoms with Crippen molar-refractivity contribution >= 4 is 5.69 Å². The molecule has 1 saturated carbocycles. The Morgan fingerprint density at radius 1 is 1.21 bits per heavy atom. The highest BCUT2D eigenvalue weighted by molar-refractivity contribution is 5.51. The molecule has 0 aliphatic heterocycles. The molecule has 0 saturated heterocycles. The highest BCUT2D eigenvalue weighted by atomic mass is 16.5. The Morgan fingerprint density at radius 2 is 1.89 bits per heavy atom. The van der Waals surface area contributed by atoms with Gasteiger partial charge < -0.3 is 15.4 Å². The molecule has 0 atom stereocenters. The number of hydrogen-bond acceptors (Lipinski definition) is 3. The van der Waals surface area contributed by atoms with Gasteiger partial charge in [-0.15, -0.1) is 0 Å². The fourth-order valence-corrected chi connectivity index (χ4v) is 2.78. The Morgan fingerprint density at radius 3 is 2.58 bits per heavy atom. The van der Waals surface area contributed by atoms with Crippen LogP contribution < -0.4 is 10.5 Å². The molecule has 0 heterocycles. The topological polar surface area (TPSA) is 38.5 Å². The molecule has 1 fully saturated rings. The van der Waals surface area contributed by atoms with E-state index in [-0.39, 0.29) is 0 Å². The van der Waals surface area contributed by atoms with Gasteiger partial charge in [-0.3, -0.25) is 0 Å². The van der Waals surface area contributed by atoms with Crippen LogP contribution in [0.3, 0.4) is 0 Å². The first-order chi connectivity index (χ1) is 9.16. The predicted molar refractivity (Wildman–Crippen MR) is 80.4 cm³/mol. The van der Waals surface area contributed by atoms with Crippen LogP contribution in [0.1, 0.15) is 32.6 Å². The highest BCUT2D eigenvalue weighted by Gasteiger charge is 2.21. The first-order valence-electron chi connectivity index (χ1n) is 7.34. The number of para-hydroxylation sites is 2. The lowest BCUT2D eigenvalue weighted by Crippen LogP contribution is -2.37. The molecule has 1 aromatic rings. The number of nitrogen functional groups attached to an aromatic ring is 1. The van der Waals surface area contributed by atoms with Crippen LogP contribution in [-0.2, 0) is 0 Å². The molecule has 3 nitrogen and oxygen atoms in total. The van der Waals surface area contributed by atoms with Crippen molar-refractivity contribution in [1.29, 1.82) is 0 Å². The highest BCUT2D eigenvalue weighted by Crippen LogP contribution is 2.26. The summed E-state index contributed by atoms with van der Waals surface area (Å²) < 4.78 is 5.75. The summed E-state index contributed by atoms with van der Waals surface area (Å²) in [4.78, 5) is 2.44. The van der Waals surface area contributed by atoms with E-state index < -0.39 is 0 Å². The molecule has 2 rings (SSSR count). The number of benzene rings is 1. The van der Waals surface area contributed by atoms with Crippen LogP contribution in [0.5, 0.6) is 5.75 Å². The monoisotopic (exact) mass is 262 g/mol. The third-order valence-electron chi connectivity index (χ3n) is 4.23. The first kappa shape index (κ1) is 14.2. The van der Waals surface area contributed by atoms with E-state index in [1.165, 1.54) is 25.7 Å². The molecule has 1 aliphatic carbocycles. The van der Waals surface area contributed by atoms with Gasteiger partial charge in [0, 0.05) is 12.6 Å². The minimum atomic E-state index is 0.705. The molecule has 0 spiro atoms. The van der Waals surface area contributed by atoms with Crippen molar-refractivity contribution in [3.63, 3.8) is 0 Å². The van der Waals surface area contributed by atoms with Crippen LogP contribution in [0.2, 0.25) is 0 Å². The Balaban J connectivity index is 1.72. The zero-order valence-electron chi connectivity index (χ0n) is 12.1. The summed E-state index contributed by atoms with van der Waals surface area (Å²) in [5, 5.41) is 0.